The van der Waals surface area contributed by atoms with Crippen LogP contribution in [-0.4, -0.2) is 41.2 Å². The number of benzene rings is 3. The summed E-state index contributed by atoms with van der Waals surface area (Å²) in [7, 11) is 0. The molecule has 3 aromatic carbocycles. The topological polar surface area (TPSA) is 92.8 Å². The number of hydrogen-bond donors (Lipinski definition) is 1. The van der Waals surface area contributed by atoms with Gasteiger partial charge in [0.1, 0.15) is 6.04 Å². The fourth-order valence-electron chi connectivity index (χ4n) is 6.10. The molecule has 0 spiro atoms. The number of amides is 3. The lowest BCUT2D eigenvalue weighted by molar-refractivity contribution is -0.160. The molecule has 1 saturated carbocycles. The number of carbonyl (C=O) groups excluding carboxylic acids is 4. The molecular weight excluding hydrogens is 468 g/mol. The van der Waals surface area contributed by atoms with Gasteiger partial charge in [0.05, 0.1) is 11.8 Å². The third kappa shape index (κ3) is 4.10. The van der Waals surface area contributed by atoms with E-state index in [0.717, 1.165) is 27.7 Å². The molecule has 1 N–H and O–H groups in total. The molecule has 6 rings (SSSR count). The van der Waals surface area contributed by atoms with Crippen LogP contribution in [0.1, 0.15) is 12.0 Å². The van der Waals surface area contributed by atoms with E-state index in [4.69, 9.17) is 4.74 Å². The van der Waals surface area contributed by atoms with Crippen LogP contribution in [0, 0.1) is 23.7 Å². The zero-order valence-electron chi connectivity index (χ0n) is 20.1. The molecule has 5 atom stereocenters. The van der Waals surface area contributed by atoms with Crippen LogP contribution < -0.4 is 5.32 Å². The van der Waals surface area contributed by atoms with Crippen molar-refractivity contribution in [1.82, 2.24) is 4.90 Å². The summed E-state index contributed by atoms with van der Waals surface area (Å²) < 4.78 is 5.41. The smallest absolute Gasteiger partial charge is 0.330 e. The lowest BCUT2D eigenvalue weighted by Gasteiger charge is -2.26. The third-order valence-corrected chi connectivity index (χ3v) is 7.77. The summed E-state index contributed by atoms with van der Waals surface area (Å²) in [4.78, 5) is 54.0. The van der Waals surface area contributed by atoms with Gasteiger partial charge >= 0.3 is 5.97 Å². The van der Waals surface area contributed by atoms with E-state index in [1.165, 1.54) is 0 Å². The maximum absolute atomic E-state index is 13.4. The zero-order chi connectivity index (χ0) is 25.5. The van der Waals surface area contributed by atoms with Gasteiger partial charge in [-0.1, -0.05) is 78.9 Å². The summed E-state index contributed by atoms with van der Waals surface area (Å²) in [6, 6.07) is 21.3. The molecule has 7 heteroatoms. The summed E-state index contributed by atoms with van der Waals surface area (Å²) in [5, 5.41) is 4.64. The van der Waals surface area contributed by atoms with Gasteiger partial charge in [-0.15, -0.1) is 0 Å². The monoisotopic (exact) mass is 494 g/mol. The molecule has 1 heterocycles. The summed E-state index contributed by atoms with van der Waals surface area (Å²) in [5.41, 5.74) is 1.41. The van der Waals surface area contributed by atoms with Crippen LogP contribution in [0.15, 0.2) is 84.9 Å². The van der Waals surface area contributed by atoms with Gasteiger partial charge in [0.2, 0.25) is 11.8 Å². The first-order valence-electron chi connectivity index (χ1n) is 12.5. The van der Waals surface area contributed by atoms with E-state index in [0.29, 0.717) is 5.69 Å². The van der Waals surface area contributed by atoms with Gasteiger partial charge in [-0.2, -0.15) is 0 Å². The molecule has 3 aliphatic rings. The van der Waals surface area contributed by atoms with Crippen LogP contribution in [-0.2, 0) is 30.3 Å². The number of allylic oxidation sites excluding steroid dienone is 2. The predicted molar refractivity (Wildman–Crippen MR) is 137 cm³/mol. The lowest BCUT2D eigenvalue weighted by Crippen LogP contribution is -2.48. The van der Waals surface area contributed by atoms with Crippen molar-refractivity contribution in [2.24, 2.45) is 23.7 Å². The van der Waals surface area contributed by atoms with Crippen molar-refractivity contribution in [2.75, 3.05) is 11.9 Å². The van der Waals surface area contributed by atoms with Crippen molar-refractivity contribution >= 4 is 40.2 Å². The number of anilines is 1. The first kappa shape index (κ1) is 23.2. The second kappa shape index (κ2) is 9.32. The Bertz CT molecular complexity index is 1400. The number of hydrogen-bond acceptors (Lipinski definition) is 5. The quantitative estimate of drug-likeness (QED) is 0.307. The van der Waals surface area contributed by atoms with Crippen molar-refractivity contribution in [3.63, 3.8) is 0 Å². The van der Waals surface area contributed by atoms with Crippen molar-refractivity contribution in [3.05, 3.63) is 90.5 Å². The fourth-order valence-corrected chi connectivity index (χ4v) is 6.10. The lowest BCUT2D eigenvalue weighted by atomic mass is 9.85. The van der Waals surface area contributed by atoms with Gasteiger partial charge in [0.15, 0.2) is 6.61 Å². The normalized spacial score (nSPS) is 24.4. The Labute approximate surface area is 214 Å². The highest BCUT2D eigenvalue weighted by Crippen LogP contribution is 2.53. The Morgan fingerprint density at radius 2 is 1.51 bits per heavy atom. The number of nitrogens with one attached hydrogen (secondary N) is 1. The number of esters is 1. The average Bonchev–Trinajstić information content (AvgIpc) is 3.60. The predicted octanol–water partition coefficient (Wildman–Crippen LogP) is 3.74. The van der Waals surface area contributed by atoms with E-state index in [1.807, 2.05) is 78.9 Å². The van der Waals surface area contributed by atoms with Gasteiger partial charge in [-0.3, -0.25) is 19.3 Å². The minimum absolute atomic E-state index is 0.0383. The number of ether oxygens (including phenoxy) is 1. The van der Waals surface area contributed by atoms with Crippen LogP contribution in [0.4, 0.5) is 5.69 Å². The maximum atomic E-state index is 13.4. The van der Waals surface area contributed by atoms with Gasteiger partial charge in [-0.05, 0) is 35.3 Å². The summed E-state index contributed by atoms with van der Waals surface area (Å²) >= 11 is 0. The first-order chi connectivity index (χ1) is 18.0. The molecule has 186 valence electrons. The highest BCUT2D eigenvalue weighted by molar-refractivity contribution is 6.09. The van der Waals surface area contributed by atoms with E-state index in [9.17, 15) is 19.2 Å². The van der Waals surface area contributed by atoms with Crippen molar-refractivity contribution in [2.45, 2.75) is 18.9 Å². The standard InChI is InChI=1S/C30H26N2O5/c33-25(31-23-12-6-10-19-9-4-5-11-22(19)23)17-37-30(36)24(15-18-7-2-1-3-8-18)32-28(34)26-20-13-14-21(16-20)27(26)29(32)35/h1-14,20-21,24,26-27H,15-17H2,(H,31,33)/t20-,21-,24-,26+,27+/m0/s1. The van der Waals surface area contributed by atoms with Gasteiger partial charge in [-0.25, -0.2) is 4.79 Å². The largest absolute Gasteiger partial charge is 0.454 e. The van der Waals surface area contributed by atoms with Gasteiger partial charge in [0, 0.05) is 17.5 Å². The fraction of sp³-hybridized carbons (Fsp3) is 0.267. The first-order valence-corrected chi connectivity index (χ1v) is 12.5. The Kier molecular flexibility index (Phi) is 5.83. The Balaban J connectivity index is 1.19. The van der Waals surface area contributed by atoms with Crippen LogP contribution >= 0.6 is 0 Å². The van der Waals surface area contributed by atoms with E-state index < -0.39 is 36.4 Å². The van der Waals surface area contributed by atoms with Crippen molar-refractivity contribution in [3.8, 4) is 0 Å². The van der Waals surface area contributed by atoms with Crippen LogP contribution in [0.25, 0.3) is 10.8 Å². The molecule has 1 aliphatic heterocycles. The number of nitrogens with zero attached hydrogens (tertiary/aromatic N) is 1. The third-order valence-electron chi connectivity index (χ3n) is 7.77. The summed E-state index contributed by atoms with van der Waals surface area (Å²) in [6.45, 7) is -0.525. The average molecular weight is 495 g/mol. The summed E-state index contributed by atoms with van der Waals surface area (Å²) in [5.74, 6) is -2.64. The molecule has 0 radical (unpaired) electrons. The van der Waals surface area contributed by atoms with Gasteiger partial charge < -0.3 is 10.1 Å². The molecular formula is C30H26N2O5. The molecule has 3 aromatic rings. The van der Waals surface area contributed by atoms with Crippen molar-refractivity contribution in [1.29, 1.82) is 0 Å². The minimum Gasteiger partial charge on any atom is -0.454 e. The maximum Gasteiger partial charge on any atom is 0.330 e. The highest BCUT2D eigenvalue weighted by Gasteiger charge is 2.61. The van der Waals surface area contributed by atoms with Crippen LogP contribution in [0.3, 0.4) is 0 Å². The molecule has 3 amide bonds. The van der Waals surface area contributed by atoms with E-state index in [-0.39, 0.29) is 30.1 Å². The molecule has 2 bridgehead atoms. The number of carbonyl (C=O) groups is 4. The zero-order valence-corrected chi connectivity index (χ0v) is 20.1. The van der Waals surface area contributed by atoms with Crippen LogP contribution in [0.5, 0.6) is 0 Å². The van der Waals surface area contributed by atoms with Crippen molar-refractivity contribution < 1.29 is 23.9 Å². The van der Waals surface area contributed by atoms with E-state index in [2.05, 4.69) is 5.32 Å². The molecule has 2 fully saturated rings. The second-order valence-corrected chi connectivity index (χ2v) is 9.93. The minimum atomic E-state index is -1.13. The number of likely N-dealkylation sites (tertiary alicyclic amines) is 1. The Morgan fingerprint density at radius 3 is 2.24 bits per heavy atom. The van der Waals surface area contributed by atoms with E-state index in [1.54, 1.807) is 6.07 Å². The number of fused-ring (bicyclic) bond motifs is 6. The second-order valence-electron chi connectivity index (χ2n) is 9.93. The van der Waals surface area contributed by atoms with Gasteiger partial charge in [0.25, 0.3) is 5.91 Å². The molecule has 2 aliphatic carbocycles. The molecule has 1 saturated heterocycles. The number of rotatable bonds is 7. The molecule has 0 unspecified atom stereocenters. The Hall–Kier alpha value is -4.26. The van der Waals surface area contributed by atoms with Crippen LogP contribution in [0.2, 0.25) is 0 Å². The Morgan fingerprint density at radius 1 is 0.865 bits per heavy atom. The SMILES string of the molecule is O=C(COC(=O)[C@H](Cc1ccccc1)N1C(=O)[C@H]2[C@H](C1=O)[C@H]1C=C[C@H]2C1)Nc1cccc2ccccc12. The number of imide groups is 1. The summed E-state index contributed by atoms with van der Waals surface area (Å²) in [6.07, 6.45) is 4.97. The molecule has 7 nitrogen and oxygen atoms in total. The van der Waals surface area contributed by atoms with E-state index >= 15 is 0 Å². The highest BCUT2D eigenvalue weighted by atomic mass is 16.5. The molecule has 37 heavy (non-hydrogen) atoms. The molecule has 0 aromatic heterocycles.